The Bertz CT molecular complexity index is 1140. The summed E-state index contributed by atoms with van der Waals surface area (Å²) in [5, 5.41) is 2.85. The minimum Gasteiger partial charge on any atom is -0.492 e. The van der Waals surface area contributed by atoms with Crippen molar-refractivity contribution in [3.8, 4) is 17.2 Å². The van der Waals surface area contributed by atoms with Crippen molar-refractivity contribution in [2.75, 3.05) is 19.8 Å². The van der Waals surface area contributed by atoms with E-state index in [1.165, 1.54) is 28.8 Å². The third kappa shape index (κ3) is 4.88. The highest BCUT2D eigenvalue weighted by Crippen LogP contribution is 2.30. The smallest absolute Gasteiger partial charge is 0.308 e. The molecule has 3 aromatic rings. The molecule has 2 heterocycles. The quantitative estimate of drug-likeness (QED) is 0.606. The molecular formula is C22H21FN2O5S. The number of thiazole rings is 1. The summed E-state index contributed by atoms with van der Waals surface area (Å²) < 4.78 is 31.1. The van der Waals surface area contributed by atoms with Crippen molar-refractivity contribution in [1.29, 1.82) is 0 Å². The highest BCUT2D eigenvalue weighted by atomic mass is 32.1. The number of fused-ring (bicyclic) bond motifs is 1. The van der Waals surface area contributed by atoms with Crippen LogP contribution in [0.2, 0.25) is 0 Å². The van der Waals surface area contributed by atoms with Gasteiger partial charge in [-0.1, -0.05) is 17.4 Å². The van der Waals surface area contributed by atoms with Crippen molar-refractivity contribution in [2.24, 2.45) is 0 Å². The topological polar surface area (TPSA) is 78.8 Å². The van der Waals surface area contributed by atoms with E-state index in [1.807, 2.05) is 18.2 Å². The molecule has 1 N–H and O–H groups in total. The zero-order valence-electron chi connectivity index (χ0n) is 16.9. The van der Waals surface area contributed by atoms with Crippen LogP contribution in [-0.4, -0.2) is 30.3 Å². The molecule has 0 fully saturated rings. The third-order valence-corrected chi connectivity index (χ3v) is 5.89. The molecule has 0 atom stereocenters. The first-order valence-electron chi connectivity index (χ1n) is 9.76. The van der Waals surface area contributed by atoms with Crippen LogP contribution in [0.15, 0.2) is 47.3 Å². The normalized spacial score (nSPS) is 12.5. The molecular weight excluding hydrogens is 423 g/mol. The molecule has 4 rings (SSSR count). The molecule has 7 nitrogen and oxygen atoms in total. The summed E-state index contributed by atoms with van der Waals surface area (Å²) in [7, 11) is 0. The average molecular weight is 444 g/mol. The molecule has 0 unspecified atom stereocenters. The molecule has 0 saturated heterocycles. The summed E-state index contributed by atoms with van der Waals surface area (Å²) in [6, 6.07) is 11.2. The largest absolute Gasteiger partial charge is 0.492 e. The van der Waals surface area contributed by atoms with Crippen molar-refractivity contribution in [1.82, 2.24) is 9.88 Å². The van der Waals surface area contributed by atoms with E-state index in [2.05, 4.69) is 5.32 Å². The van der Waals surface area contributed by atoms with Gasteiger partial charge in [0.15, 0.2) is 11.5 Å². The maximum absolute atomic E-state index is 13.0. The van der Waals surface area contributed by atoms with Crippen LogP contribution in [0, 0.1) is 12.7 Å². The number of amides is 1. The standard InChI is InChI=1S/C22H21FN2O5S/c1-14-20(21(26)24-13-15-2-7-18-19(12-15)30-11-10-29-18)31-22(27)25(14)8-9-28-17-5-3-16(23)4-6-17/h2-7,12H,8-11,13H2,1H3,(H,24,26). The molecule has 0 spiro atoms. The van der Waals surface area contributed by atoms with Gasteiger partial charge in [0.2, 0.25) is 0 Å². The molecule has 1 aliphatic rings. The average Bonchev–Trinajstić information content (AvgIpc) is 3.07. The maximum Gasteiger partial charge on any atom is 0.308 e. The second-order valence-electron chi connectivity index (χ2n) is 6.90. The molecule has 0 saturated carbocycles. The first-order chi connectivity index (χ1) is 15.0. The number of carbonyl (C=O) groups is 1. The number of nitrogens with zero attached hydrogens (tertiary/aromatic N) is 1. The summed E-state index contributed by atoms with van der Waals surface area (Å²) in [5.74, 6) is 1.21. The van der Waals surface area contributed by atoms with Crippen molar-refractivity contribution in [3.05, 3.63) is 74.1 Å². The van der Waals surface area contributed by atoms with Gasteiger partial charge < -0.3 is 19.5 Å². The minimum absolute atomic E-state index is 0.224. The Labute approximate surface area is 182 Å². The highest BCUT2D eigenvalue weighted by Gasteiger charge is 2.18. The fourth-order valence-electron chi connectivity index (χ4n) is 3.19. The summed E-state index contributed by atoms with van der Waals surface area (Å²) in [5.41, 5.74) is 1.45. The fourth-order valence-corrected chi connectivity index (χ4v) is 4.13. The van der Waals surface area contributed by atoms with Crippen LogP contribution >= 0.6 is 11.3 Å². The molecule has 2 aromatic carbocycles. The summed E-state index contributed by atoms with van der Waals surface area (Å²) in [4.78, 5) is 25.1. The lowest BCUT2D eigenvalue weighted by Crippen LogP contribution is -2.23. The van der Waals surface area contributed by atoms with Crippen LogP contribution in [0.3, 0.4) is 0 Å². The van der Waals surface area contributed by atoms with E-state index in [1.54, 1.807) is 6.92 Å². The Morgan fingerprint density at radius 3 is 2.68 bits per heavy atom. The molecule has 1 amide bonds. The Hall–Kier alpha value is -3.33. The molecule has 1 aliphatic heterocycles. The molecule has 0 bridgehead atoms. The van der Waals surface area contributed by atoms with E-state index in [0.29, 0.717) is 47.6 Å². The Balaban J connectivity index is 1.36. The van der Waals surface area contributed by atoms with Crippen LogP contribution in [-0.2, 0) is 13.1 Å². The molecule has 31 heavy (non-hydrogen) atoms. The van der Waals surface area contributed by atoms with Gasteiger partial charge in [-0.2, -0.15) is 0 Å². The van der Waals surface area contributed by atoms with Gasteiger partial charge in [-0.05, 0) is 48.9 Å². The van der Waals surface area contributed by atoms with Gasteiger partial charge in [-0.15, -0.1) is 0 Å². The fraction of sp³-hybridized carbons (Fsp3) is 0.273. The molecule has 1 aromatic heterocycles. The van der Waals surface area contributed by atoms with Crippen LogP contribution in [0.1, 0.15) is 20.9 Å². The van der Waals surface area contributed by atoms with Gasteiger partial charge >= 0.3 is 4.87 Å². The van der Waals surface area contributed by atoms with Crippen LogP contribution in [0.5, 0.6) is 17.2 Å². The van der Waals surface area contributed by atoms with E-state index in [0.717, 1.165) is 16.9 Å². The number of aromatic nitrogens is 1. The number of nitrogens with one attached hydrogen (secondary N) is 1. The monoisotopic (exact) mass is 444 g/mol. The number of carbonyl (C=O) groups excluding carboxylic acids is 1. The van der Waals surface area contributed by atoms with Crippen LogP contribution in [0.25, 0.3) is 0 Å². The molecule has 0 radical (unpaired) electrons. The number of ether oxygens (including phenoxy) is 3. The van der Waals surface area contributed by atoms with Crippen molar-refractivity contribution < 1.29 is 23.4 Å². The lowest BCUT2D eigenvalue weighted by Gasteiger charge is -2.18. The van der Waals surface area contributed by atoms with E-state index in [4.69, 9.17) is 14.2 Å². The van der Waals surface area contributed by atoms with Gasteiger partial charge in [-0.3, -0.25) is 14.2 Å². The van der Waals surface area contributed by atoms with Crippen molar-refractivity contribution >= 4 is 17.2 Å². The number of hydrogen-bond acceptors (Lipinski definition) is 6. The SMILES string of the molecule is Cc1c(C(=O)NCc2ccc3c(c2)OCCO3)sc(=O)n1CCOc1ccc(F)cc1. The highest BCUT2D eigenvalue weighted by molar-refractivity contribution is 7.11. The molecule has 9 heteroatoms. The number of hydrogen-bond donors (Lipinski definition) is 1. The predicted molar refractivity (Wildman–Crippen MR) is 114 cm³/mol. The van der Waals surface area contributed by atoms with Crippen LogP contribution < -0.4 is 24.4 Å². The summed E-state index contributed by atoms with van der Waals surface area (Å²) in [6.45, 7) is 3.56. The summed E-state index contributed by atoms with van der Waals surface area (Å²) >= 11 is 0.901. The zero-order chi connectivity index (χ0) is 21.8. The van der Waals surface area contributed by atoms with Gasteiger partial charge in [0.05, 0.1) is 6.54 Å². The third-order valence-electron chi connectivity index (χ3n) is 4.81. The predicted octanol–water partition coefficient (Wildman–Crippen LogP) is 3.14. The maximum atomic E-state index is 13.0. The van der Waals surface area contributed by atoms with Crippen molar-refractivity contribution in [3.63, 3.8) is 0 Å². The van der Waals surface area contributed by atoms with Crippen LogP contribution in [0.4, 0.5) is 4.39 Å². The lowest BCUT2D eigenvalue weighted by atomic mass is 10.2. The summed E-state index contributed by atoms with van der Waals surface area (Å²) in [6.07, 6.45) is 0. The van der Waals surface area contributed by atoms with Crippen molar-refractivity contribution in [2.45, 2.75) is 20.0 Å². The van der Waals surface area contributed by atoms with Gasteiger partial charge in [-0.25, -0.2) is 4.39 Å². The minimum atomic E-state index is -0.343. The Kier molecular flexibility index (Phi) is 6.22. The molecule has 162 valence electrons. The second kappa shape index (κ2) is 9.22. The van der Waals surface area contributed by atoms with E-state index < -0.39 is 0 Å². The first-order valence-corrected chi connectivity index (χ1v) is 10.6. The van der Waals surface area contributed by atoms with Gasteiger partial charge in [0.1, 0.15) is 36.3 Å². The zero-order valence-corrected chi connectivity index (χ0v) is 17.7. The molecule has 0 aliphatic carbocycles. The van der Waals surface area contributed by atoms with E-state index in [9.17, 15) is 14.0 Å². The number of rotatable bonds is 7. The number of halogens is 1. The second-order valence-corrected chi connectivity index (χ2v) is 7.86. The Morgan fingerprint density at radius 1 is 1.16 bits per heavy atom. The first kappa shape index (κ1) is 20.9. The number of benzene rings is 2. The van der Waals surface area contributed by atoms with Gasteiger partial charge in [0, 0.05) is 12.2 Å². The lowest BCUT2D eigenvalue weighted by molar-refractivity contribution is 0.0953. The van der Waals surface area contributed by atoms with E-state index in [-0.39, 0.29) is 29.7 Å². The van der Waals surface area contributed by atoms with E-state index >= 15 is 0 Å². The van der Waals surface area contributed by atoms with Gasteiger partial charge in [0.25, 0.3) is 5.91 Å². The Morgan fingerprint density at radius 2 is 1.90 bits per heavy atom.